The van der Waals surface area contributed by atoms with Crippen LogP contribution in [0.5, 0.6) is 0 Å². The van der Waals surface area contributed by atoms with E-state index in [1.807, 2.05) is 30.3 Å². The fourth-order valence-electron chi connectivity index (χ4n) is 2.64. The van der Waals surface area contributed by atoms with Crippen molar-refractivity contribution in [1.29, 1.82) is 0 Å². The van der Waals surface area contributed by atoms with Crippen LogP contribution in [0, 0.1) is 10.1 Å². The lowest BCUT2D eigenvalue weighted by Crippen LogP contribution is -2.19. The average Bonchev–Trinajstić information content (AvgIpc) is 3.48. The van der Waals surface area contributed by atoms with Crippen LogP contribution in [0.4, 0.5) is 16.5 Å². The molecule has 0 bridgehead atoms. The van der Waals surface area contributed by atoms with Crippen molar-refractivity contribution in [2.45, 2.75) is 4.34 Å². The fraction of sp³-hybridized carbons (Fsp3) is 0.0476. The molecule has 0 atom stereocenters. The van der Waals surface area contributed by atoms with Gasteiger partial charge in [-0.3, -0.25) is 14.9 Å². The molecular weight excluding hydrogens is 464 g/mol. The van der Waals surface area contributed by atoms with Gasteiger partial charge in [-0.2, -0.15) is 5.10 Å². The largest absolute Gasteiger partial charge is 0.455 e. The van der Waals surface area contributed by atoms with Gasteiger partial charge in [-0.25, -0.2) is 5.43 Å². The van der Waals surface area contributed by atoms with E-state index in [2.05, 4.69) is 26.0 Å². The van der Waals surface area contributed by atoms with E-state index in [1.54, 1.807) is 24.3 Å². The Labute approximate surface area is 195 Å². The summed E-state index contributed by atoms with van der Waals surface area (Å²) in [4.78, 5) is 22.5. The minimum atomic E-state index is -0.468. The third kappa shape index (κ3) is 6.24. The van der Waals surface area contributed by atoms with Gasteiger partial charge in [0.15, 0.2) is 4.34 Å². The summed E-state index contributed by atoms with van der Waals surface area (Å²) in [6, 6.07) is 19.1. The summed E-state index contributed by atoms with van der Waals surface area (Å²) in [5, 5.41) is 26.7. The lowest BCUT2D eigenvalue weighted by Gasteiger charge is -1.99. The van der Waals surface area contributed by atoms with Gasteiger partial charge in [0, 0.05) is 23.4 Å². The molecule has 0 aliphatic heterocycles. The highest BCUT2D eigenvalue weighted by Crippen LogP contribution is 2.27. The van der Waals surface area contributed by atoms with Gasteiger partial charge in [0.1, 0.15) is 11.5 Å². The number of thioether (sulfide) groups is 1. The van der Waals surface area contributed by atoms with Crippen LogP contribution in [0.3, 0.4) is 0 Å². The second-order valence-corrected chi connectivity index (χ2v) is 8.66. The molecule has 10 nitrogen and oxygen atoms in total. The quantitative estimate of drug-likeness (QED) is 0.152. The van der Waals surface area contributed by atoms with Crippen molar-refractivity contribution >= 4 is 51.7 Å². The van der Waals surface area contributed by atoms with Gasteiger partial charge in [-0.1, -0.05) is 53.4 Å². The predicted molar refractivity (Wildman–Crippen MR) is 127 cm³/mol. The molecule has 1 amide bonds. The van der Waals surface area contributed by atoms with Gasteiger partial charge in [-0.05, 0) is 24.3 Å². The van der Waals surface area contributed by atoms with Crippen LogP contribution in [-0.2, 0) is 4.79 Å². The van der Waals surface area contributed by atoms with E-state index in [0.717, 1.165) is 5.69 Å². The second kappa shape index (κ2) is 10.5. The maximum absolute atomic E-state index is 12.0. The summed E-state index contributed by atoms with van der Waals surface area (Å²) < 4.78 is 6.27. The molecule has 4 rings (SSSR count). The molecule has 0 unspecified atom stereocenters. The van der Waals surface area contributed by atoms with Gasteiger partial charge in [-0.15, -0.1) is 10.2 Å². The number of furan rings is 1. The molecule has 2 aromatic heterocycles. The Morgan fingerprint density at radius 1 is 1.15 bits per heavy atom. The number of non-ortho nitro benzene ring substituents is 1. The number of benzene rings is 2. The molecule has 33 heavy (non-hydrogen) atoms. The third-order valence-electron chi connectivity index (χ3n) is 4.11. The molecule has 0 saturated heterocycles. The number of hydrazone groups is 1. The molecule has 0 radical (unpaired) electrons. The van der Waals surface area contributed by atoms with Crippen LogP contribution in [0.1, 0.15) is 5.76 Å². The zero-order valence-electron chi connectivity index (χ0n) is 16.9. The maximum atomic E-state index is 12.0. The zero-order valence-corrected chi connectivity index (χ0v) is 18.5. The maximum Gasteiger partial charge on any atom is 0.270 e. The molecule has 2 heterocycles. The monoisotopic (exact) mass is 480 g/mol. The van der Waals surface area contributed by atoms with E-state index < -0.39 is 4.92 Å². The molecule has 0 aliphatic rings. The molecule has 0 aliphatic carbocycles. The van der Waals surface area contributed by atoms with Gasteiger partial charge in [0.2, 0.25) is 5.13 Å². The van der Waals surface area contributed by atoms with Gasteiger partial charge in [0.05, 0.1) is 16.9 Å². The minimum absolute atomic E-state index is 0.0257. The Morgan fingerprint density at radius 3 is 2.82 bits per heavy atom. The van der Waals surface area contributed by atoms with Crippen LogP contribution >= 0.6 is 23.1 Å². The van der Waals surface area contributed by atoms with Gasteiger partial charge < -0.3 is 9.73 Å². The van der Waals surface area contributed by atoms with E-state index in [4.69, 9.17) is 4.42 Å². The van der Waals surface area contributed by atoms with Crippen molar-refractivity contribution in [3.05, 3.63) is 82.6 Å². The minimum Gasteiger partial charge on any atom is -0.455 e. The Bertz CT molecular complexity index is 1290. The number of nitro benzene ring substituents is 1. The molecule has 2 N–H and O–H groups in total. The van der Waals surface area contributed by atoms with Crippen molar-refractivity contribution in [2.24, 2.45) is 5.10 Å². The van der Waals surface area contributed by atoms with Gasteiger partial charge >= 0.3 is 0 Å². The van der Waals surface area contributed by atoms with Crippen molar-refractivity contribution < 1.29 is 14.1 Å². The summed E-state index contributed by atoms with van der Waals surface area (Å²) in [5.74, 6) is 0.659. The number of carbonyl (C=O) groups is 1. The highest BCUT2D eigenvalue weighted by atomic mass is 32.2. The van der Waals surface area contributed by atoms with Gasteiger partial charge in [0.25, 0.3) is 11.6 Å². The number of hydrogen-bond acceptors (Lipinski definition) is 10. The Hall–Kier alpha value is -4.03. The van der Waals surface area contributed by atoms with E-state index in [0.29, 0.717) is 26.6 Å². The van der Waals surface area contributed by atoms with E-state index >= 15 is 0 Å². The summed E-state index contributed by atoms with van der Waals surface area (Å²) in [6.07, 6.45) is 1.36. The van der Waals surface area contributed by atoms with Crippen molar-refractivity contribution in [1.82, 2.24) is 15.6 Å². The SMILES string of the molecule is O=C(CSc1nnc(Nc2ccccc2)s1)N/N=C/c1ccc(-c2cccc([N+](=O)[O-])c2)o1. The highest BCUT2D eigenvalue weighted by Gasteiger charge is 2.10. The number of anilines is 2. The molecule has 166 valence electrons. The zero-order chi connectivity index (χ0) is 23.0. The van der Waals surface area contributed by atoms with Crippen LogP contribution in [-0.4, -0.2) is 33.0 Å². The molecular formula is C21H16N6O4S2. The smallest absolute Gasteiger partial charge is 0.270 e. The van der Waals surface area contributed by atoms with E-state index in [1.165, 1.54) is 41.4 Å². The summed E-state index contributed by atoms with van der Waals surface area (Å²) in [6.45, 7) is 0. The number of nitrogens with one attached hydrogen (secondary N) is 2. The number of nitrogens with zero attached hydrogens (tertiary/aromatic N) is 4. The number of para-hydroxylation sites is 1. The number of carbonyl (C=O) groups excluding carboxylic acids is 1. The fourth-order valence-corrected chi connectivity index (χ4v) is 4.21. The highest BCUT2D eigenvalue weighted by molar-refractivity contribution is 8.01. The Morgan fingerprint density at radius 2 is 2.00 bits per heavy atom. The Kier molecular flexibility index (Phi) is 7.07. The predicted octanol–water partition coefficient (Wildman–Crippen LogP) is 4.69. The summed E-state index contributed by atoms with van der Waals surface area (Å²) in [5.41, 5.74) is 3.87. The molecule has 0 fully saturated rings. The number of hydrogen-bond donors (Lipinski definition) is 2. The first-order valence-corrected chi connectivity index (χ1v) is 11.3. The molecule has 4 aromatic rings. The molecule has 0 spiro atoms. The first kappa shape index (κ1) is 22.2. The summed E-state index contributed by atoms with van der Waals surface area (Å²) >= 11 is 2.60. The van der Waals surface area contributed by atoms with Crippen molar-refractivity contribution in [3.8, 4) is 11.3 Å². The number of amides is 1. The Balaban J connectivity index is 1.25. The van der Waals surface area contributed by atoms with E-state index in [9.17, 15) is 14.9 Å². The topological polar surface area (TPSA) is 136 Å². The summed E-state index contributed by atoms with van der Waals surface area (Å²) in [7, 11) is 0. The number of rotatable bonds is 9. The van der Waals surface area contributed by atoms with Crippen molar-refractivity contribution in [3.63, 3.8) is 0 Å². The lowest BCUT2D eigenvalue weighted by molar-refractivity contribution is -0.384. The number of aromatic nitrogens is 2. The number of nitro groups is 1. The second-order valence-electron chi connectivity index (χ2n) is 6.46. The lowest BCUT2D eigenvalue weighted by atomic mass is 10.1. The molecule has 12 heteroatoms. The normalized spacial score (nSPS) is 10.9. The first-order valence-electron chi connectivity index (χ1n) is 9.52. The van der Waals surface area contributed by atoms with Crippen LogP contribution in [0.15, 0.2) is 80.6 Å². The van der Waals surface area contributed by atoms with Crippen LogP contribution < -0.4 is 10.7 Å². The van der Waals surface area contributed by atoms with Crippen LogP contribution in [0.2, 0.25) is 0 Å². The standard InChI is InChI=1S/C21H16N6O4S2/c28-19(13-32-21-26-25-20(33-21)23-15-6-2-1-3-7-15)24-22-12-17-9-10-18(31-17)14-5-4-8-16(11-14)27(29)30/h1-12H,13H2,(H,23,25)(H,24,28)/b22-12+. The van der Waals surface area contributed by atoms with Crippen LogP contribution in [0.25, 0.3) is 11.3 Å². The average molecular weight is 481 g/mol. The third-order valence-corrected chi connectivity index (χ3v) is 6.08. The first-order chi connectivity index (χ1) is 16.1. The molecule has 0 saturated carbocycles. The van der Waals surface area contributed by atoms with E-state index in [-0.39, 0.29) is 17.3 Å². The molecule has 2 aromatic carbocycles. The van der Waals surface area contributed by atoms with Crippen molar-refractivity contribution in [2.75, 3.05) is 11.1 Å².